The minimum absolute atomic E-state index is 0.118. The second-order valence-electron chi connectivity index (χ2n) is 9.34. The number of hydrogen-bond donors (Lipinski definition) is 3. The maximum absolute atomic E-state index is 14.0. The van der Waals surface area contributed by atoms with Gasteiger partial charge in [-0.2, -0.15) is 5.10 Å². The summed E-state index contributed by atoms with van der Waals surface area (Å²) in [4.78, 5) is 27.3. The number of benzene rings is 3. The van der Waals surface area contributed by atoms with Crippen molar-refractivity contribution in [2.75, 3.05) is 31.7 Å². The third kappa shape index (κ3) is 5.62. The number of carbonyl (C=O) groups excluding carboxylic acids is 1. The molecule has 10 heteroatoms. The topological polar surface area (TPSA) is 118 Å². The average Bonchev–Trinajstić information content (AvgIpc) is 3.35. The van der Waals surface area contributed by atoms with Gasteiger partial charge in [-0.05, 0) is 62.1 Å². The molecule has 202 valence electrons. The number of rotatable bonds is 8. The Labute approximate surface area is 229 Å². The molecule has 0 aliphatic carbocycles. The lowest BCUT2D eigenvalue weighted by atomic mass is 10.1. The largest absolute Gasteiger partial charge is 0.454 e. The van der Waals surface area contributed by atoms with Crippen LogP contribution < -0.4 is 21.3 Å². The summed E-state index contributed by atoms with van der Waals surface area (Å²) in [6, 6.07) is 20.3. The van der Waals surface area contributed by atoms with E-state index in [0.29, 0.717) is 40.1 Å². The van der Waals surface area contributed by atoms with Gasteiger partial charge >= 0.3 is 0 Å². The van der Waals surface area contributed by atoms with Crippen LogP contribution in [0, 0.1) is 5.82 Å². The summed E-state index contributed by atoms with van der Waals surface area (Å²) in [5.41, 5.74) is 8.75. The van der Waals surface area contributed by atoms with Crippen molar-refractivity contribution in [2.45, 2.75) is 0 Å². The zero-order valence-corrected chi connectivity index (χ0v) is 21.9. The first-order valence-corrected chi connectivity index (χ1v) is 12.4. The van der Waals surface area contributed by atoms with E-state index in [2.05, 4.69) is 15.5 Å². The number of aromatic amines is 1. The van der Waals surface area contributed by atoms with Crippen molar-refractivity contribution in [3.05, 3.63) is 107 Å². The quantitative estimate of drug-likeness (QED) is 0.241. The summed E-state index contributed by atoms with van der Waals surface area (Å²) in [6.45, 7) is 0.639. The third-order valence-electron chi connectivity index (χ3n) is 6.12. The van der Waals surface area contributed by atoms with Crippen molar-refractivity contribution in [3.8, 4) is 28.3 Å². The fourth-order valence-electron chi connectivity index (χ4n) is 4.28. The molecule has 3 aromatic carbocycles. The van der Waals surface area contributed by atoms with Crippen molar-refractivity contribution < 1.29 is 13.9 Å². The molecule has 0 unspecified atom stereocenters. The highest BCUT2D eigenvalue weighted by Gasteiger charge is 2.18. The summed E-state index contributed by atoms with van der Waals surface area (Å²) in [7, 11) is 3.83. The van der Waals surface area contributed by atoms with Crippen LogP contribution in [0.15, 0.2) is 95.9 Å². The zero-order valence-electron chi connectivity index (χ0n) is 21.9. The maximum Gasteiger partial charge on any atom is 0.289 e. The smallest absolute Gasteiger partial charge is 0.289 e. The van der Waals surface area contributed by atoms with Gasteiger partial charge in [-0.25, -0.2) is 9.49 Å². The predicted octanol–water partition coefficient (Wildman–Crippen LogP) is 4.95. The first-order chi connectivity index (χ1) is 19.3. The Kier molecular flexibility index (Phi) is 7.43. The van der Waals surface area contributed by atoms with Crippen LogP contribution in [-0.2, 0) is 4.79 Å². The highest BCUT2D eigenvalue weighted by molar-refractivity contribution is 6.03. The molecular weight excluding hydrogens is 511 g/mol. The summed E-state index contributed by atoms with van der Waals surface area (Å²) in [5.74, 6) is -0.00103. The van der Waals surface area contributed by atoms with E-state index in [4.69, 9.17) is 10.5 Å². The minimum Gasteiger partial charge on any atom is -0.454 e. The normalized spacial score (nSPS) is 11.4. The molecule has 2 heterocycles. The molecule has 40 heavy (non-hydrogen) atoms. The first kappa shape index (κ1) is 26.4. The lowest BCUT2D eigenvalue weighted by Crippen LogP contribution is -2.14. The number of amides is 1. The van der Waals surface area contributed by atoms with E-state index in [9.17, 15) is 14.0 Å². The van der Waals surface area contributed by atoms with Crippen molar-refractivity contribution in [3.63, 3.8) is 0 Å². The number of H-pyrrole nitrogens is 1. The molecule has 0 saturated carbocycles. The molecule has 0 fully saturated rings. The van der Waals surface area contributed by atoms with Gasteiger partial charge in [-0.3, -0.25) is 9.59 Å². The standard InChI is InChI=1S/C30H27FN6O3/c1-36(2)16-6-11-26(38)33-20-7-5-8-21(17-20)37-18-23(27-28(37)30(39)35-34-29(27)32)19-12-14-22(15-13-19)40-25-10-4-3-9-24(25)31/h3-15,17-18H,16H2,1-2H3,(H2,32,34)(H,33,38)(H,35,39). The second kappa shape index (κ2) is 11.3. The Morgan fingerprint density at radius 3 is 2.65 bits per heavy atom. The second-order valence-corrected chi connectivity index (χ2v) is 9.34. The highest BCUT2D eigenvalue weighted by atomic mass is 19.1. The average molecular weight is 539 g/mol. The van der Waals surface area contributed by atoms with Gasteiger partial charge < -0.3 is 25.3 Å². The molecule has 1 amide bonds. The molecular formula is C30H27FN6O3. The number of fused-ring (bicyclic) bond motifs is 1. The summed E-state index contributed by atoms with van der Waals surface area (Å²) in [5, 5.41) is 9.75. The van der Waals surface area contributed by atoms with Crippen LogP contribution in [0.1, 0.15) is 0 Å². The molecule has 0 bridgehead atoms. The molecule has 0 aliphatic heterocycles. The Balaban J connectivity index is 1.50. The fraction of sp³-hybridized carbons (Fsp3) is 0.100. The van der Waals surface area contributed by atoms with Gasteiger partial charge in [0.05, 0.1) is 5.39 Å². The Bertz CT molecular complexity index is 1770. The number of halogens is 1. The van der Waals surface area contributed by atoms with E-state index < -0.39 is 11.4 Å². The molecule has 0 aliphatic rings. The molecule has 9 nitrogen and oxygen atoms in total. The lowest BCUT2D eigenvalue weighted by molar-refractivity contribution is -0.111. The number of likely N-dealkylation sites (N-methyl/N-ethyl adjacent to an activating group) is 1. The predicted molar refractivity (Wildman–Crippen MR) is 154 cm³/mol. The van der Waals surface area contributed by atoms with E-state index in [1.165, 1.54) is 12.1 Å². The fourth-order valence-corrected chi connectivity index (χ4v) is 4.28. The van der Waals surface area contributed by atoms with Gasteiger partial charge in [0, 0.05) is 35.8 Å². The first-order valence-electron chi connectivity index (χ1n) is 12.4. The van der Waals surface area contributed by atoms with Crippen molar-refractivity contribution in [2.24, 2.45) is 0 Å². The molecule has 2 aromatic heterocycles. The van der Waals surface area contributed by atoms with Crippen molar-refractivity contribution in [1.82, 2.24) is 19.7 Å². The van der Waals surface area contributed by atoms with Crippen LogP contribution in [0.3, 0.4) is 0 Å². The van der Waals surface area contributed by atoms with Gasteiger partial charge in [-0.15, -0.1) is 0 Å². The number of nitrogens with one attached hydrogen (secondary N) is 2. The van der Waals surface area contributed by atoms with E-state index in [-0.39, 0.29) is 17.5 Å². The number of nitrogens with two attached hydrogens (primary N) is 1. The molecule has 4 N–H and O–H groups in total. The van der Waals surface area contributed by atoms with Crippen LogP contribution in [0.2, 0.25) is 0 Å². The van der Waals surface area contributed by atoms with E-state index >= 15 is 0 Å². The Morgan fingerprint density at radius 1 is 1.12 bits per heavy atom. The third-order valence-corrected chi connectivity index (χ3v) is 6.12. The van der Waals surface area contributed by atoms with E-state index in [1.54, 1.807) is 77.5 Å². The van der Waals surface area contributed by atoms with Crippen molar-refractivity contribution in [1.29, 1.82) is 0 Å². The van der Waals surface area contributed by atoms with Gasteiger partial charge in [0.2, 0.25) is 5.91 Å². The van der Waals surface area contributed by atoms with Crippen LogP contribution in [0.5, 0.6) is 11.5 Å². The van der Waals surface area contributed by atoms with E-state index in [0.717, 1.165) is 5.56 Å². The monoisotopic (exact) mass is 538 g/mol. The number of nitrogens with zero attached hydrogens (tertiary/aromatic N) is 3. The van der Waals surface area contributed by atoms with Gasteiger partial charge in [0.25, 0.3) is 5.56 Å². The summed E-state index contributed by atoms with van der Waals surface area (Å²) >= 11 is 0. The molecule has 5 aromatic rings. The van der Waals surface area contributed by atoms with Crippen LogP contribution in [-0.4, -0.2) is 46.2 Å². The van der Waals surface area contributed by atoms with Crippen molar-refractivity contribution >= 4 is 28.3 Å². The number of aromatic nitrogens is 3. The van der Waals surface area contributed by atoms with Crippen LogP contribution >= 0.6 is 0 Å². The Morgan fingerprint density at radius 2 is 1.90 bits per heavy atom. The van der Waals surface area contributed by atoms with Crippen LogP contribution in [0.25, 0.3) is 27.7 Å². The molecule has 5 rings (SSSR count). The molecule has 0 spiro atoms. The van der Waals surface area contributed by atoms with Gasteiger partial charge in [-0.1, -0.05) is 36.4 Å². The maximum atomic E-state index is 14.0. The lowest BCUT2D eigenvalue weighted by Gasteiger charge is -2.09. The van der Waals surface area contributed by atoms with Gasteiger partial charge in [0.15, 0.2) is 17.4 Å². The number of hydrogen-bond acceptors (Lipinski definition) is 6. The van der Waals surface area contributed by atoms with E-state index in [1.807, 2.05) is 25.1 Å². The van der Waals surface area contributed by atoms with Crippen LogP contribution in [0.4, 0.5) is 15.9 Å². The zero-order chi connectivity index (χ0) is 28.2. The SMILES string of the molecule is CN(C)CC=CC(=O)Nc1cccc(-n2cc(-c3ccc(Oc4ccccc4F)cc3)c3c(N)n[nH]c(=O)c32)c1. The molecule has 0 saturated heterocycles. The number of para-hydroxylation sites is 1. The highest BCUT2D eigenvalue weighted by Crippen LogP contribution is 2.35. The number of nitrogen functional groups attached to an aromatic ring is 1. The number of ether oxygens (including phenoxy) is 1. The van der Waals surface area contributed by atoms with Gasteiger partial charge in [0.1, 0.15) is 11.3 Å². The molecule has 0 atom stereocenters. The Hall–Kier alpha value is -5.22. The summed E-state index contributed by atoms with van der Waals surface area (Å²) < 4.78 is 21.4. The number of carbonyl (C=O) groups is 1. The minimum atomic E-state index is -0.462. The summed E-state index contributed by atoms with van der Waals surface area (Å²) in [6.07, 6.45) is 5.04. The molecule has 0 radical (unpaired) electrons. The number of anilines is 2.